The predicted octanol–water partition coefficient (Wildman–Crippen LogP) is 1.85. The number of rotatable bonds is 9. The van der Waals surface area contributed by atoms with Crippen LogP contribution in [-0.4, -0.2) is 43.1 Å². The van der Waals surface area contributed by atoms with Crippen LogP contribution in [0.15, 0.2) is 59.5 Å². The second-order valence-electron chi connectivity index (χ2n) is 7.17. The molecule has 0 unspecified atom stereocenters. The van der Waals surface area contributed by atoms with Crippen LogP contribution in [0.5, 0.6) is 0 Å². The first kappa shape index (κ1) is 21.4. The van der Waals surface area contributed by atoms with Gasteiger partial charge in [0.1, 0.15) is 4.90 Å². The highest BCUT2D eigenvalue weighted by atomic mass is 32.2. The van der Waals surface area contributed by atoms with E-state index in [0.29, 0.717) is 6.42 Å². The number of anilines is 1. The van der Waals surface area contributed by atoms with Crippen molar-refractivity contribution < 1.29 is 13.5 Å². The zero-order chi connectivity index (χ0) is 20.0. The Morgan fingerprint density at radius 2 is 1.59 bits per heavy atom. The smallest absolute Gasteiger partial charge is 0.245 e. The Kier molecular flexibility index (Phi) is 7.38. The van der Waals surface area contributed by atoms with Crippen LogP contribution in [0.3, 0.4) is 0 Å². The van der Waals surface area contributed by atoms with Crippen LogP contribution in [0, 0.1) is 5.92 Å². The molecule has 148 valence electrons. The van der Waals surface area contributed by atoms with Gasteiger partial charge < -0.3 is 16.6 Å². The predicted molar refractivity (Wildman–Crippen MR) is 109 cm³/mol. The molecule has 0 aliphatic carbocycles. The Bertz CT molecular complexity index is 825. The second-order valence-corrected chi connectivity index (χ2v) is 9.08. The first-order chi connectivity index (χ1) is 12.7. The Morgan fingerprint density at radius 1 is 1.00 bits per heavy atom. The topological polar surface area (TPSA) is 110 Å². The molecular weight excluding hydrogens is 362 g/mol. The van der Waals surface area contributed by atoms with Gasteiger partial charge in [-0.2, -0.15) is 4.31 Å². The summed E-state index contributed by atoms with van der Waals surface area (Å²) in [6.45, 7) is 4.04. The van der Waals surface area contributed by atoms with E-state index in [9.17, 15) is 13.5 Å². The number of hydrogen-bond donors (Lipinski definition) is 3. The molecule has 0 saturated carbocycles. The molecule has 0 heterocycles. The lowest BCUT2D eigenvalue weighted by atomic mass is 10.0. The van der Waals surface area contributed by atoms with Crippen molar-refractivity contribution in [3.63, 3.8) is 0 Å². The van der Waals surface area contributed by atoms with Gasteiger partial charge >= 0.3 is 0 Å². The number of benzene rings is 2. The molecule has 2 rings (SSSR count). The number of nitrogens with zero attached hydrogens (tertiary/aromatic N) is 1. The van der Waals surface area contributed by atoms with Crippen LogP contribution >= 0.6 is 0 Å². The number of sulfonamides is 1. The molecule has 0 aliphatic rings. The number of nitrogens with two attached hydrogens (primary N) is 2. The summed E-state index contributed by atoms with van der Waals surface area (Å²) in [6.07, 6.45) is -0.533. The van der Waals surface area contributed by atoms with Crippen molar-refractivity contribution in [3.8, 4) is 0 Å². The maximum absolute atomic E-state index is 13.1. The first-order valence-electron chi connectivity index (χ1n) is 9.04. The van der Waals surface area contributed by atoms with E-state index in [-0.39, 0.29) is 29.6 Å². The van der Waals surface area contributed by atoms with E-state index in [1.165, 1.54) is 10.4 Å². The lowest BCUT2D eigenvalue weighted by Crippen LogP contribution is -2.47. The summed E-state index contributed by atoms with van der Waals surface area (Å²) in [6, 6.07) is 15.4. The maximum Gasteiger partial charge on any atom is 0.245 e. The SMILES string of the molecule is CC(C)CN(C[C@@H](O)[C@@H](N)Cc1ccccc1)S(=O)(=O)c1ccccc1N. The van der Waals surface area contributed by atoms with Gasteiger partial charge in [0, 0.05) is 19.1 Å². The lowest BCUT2D eigenvalue weighted by Gasteiger charge is -2.29. The highest BCUT2D eigenvalue weighted by Crippen LogP contribution is 2.23. The van der Waals surface area contributed by atoms with Gasteiger partial charge in [-0.1, -0.05) is 56.3 Å². The number of para-hydroxylation sites is 1. The third-order valence-corrected chi connectivity index (χ3v) is 6.21. The Labute approximate surface area is 161 Å². The zero-order valence-electron chi connectivity index (χ0n) is 15.8. The van der Waals surface area contributed by atoms with Crippen molar-refractivity contribution in [1.82, 2.24) is 4.31 Å². The highest BCUT2D eigenvalue weighted by molar-refractivity contribution is 7.89. The number of aliphatic hydroxyl groups is 1. The van der Waals surface area contributed by atoms with E-state index in [2.05, 4.69) is 0 Å². The van der Waals surface area contributed by atoms with Gasteiger partial charge in [0.05, 0.1) is 11.8 Å². The van der Waals surface area contributed by atoms with Crippen LogP contribution in [0.2, 0.25) is 0 Å². The van der Waals surface area contributed by atoms with Crippen molar-refractivity contribution in [3.05, 3.63) is 60.2 Å². The molecule has 7 heteroatoms. The van der Waals surface area contributed by atoms with Gasteiger partial charge in [-0.15, -0.1) is 0 Å². The quantitative estimate of drug-likeness (QED) is 0.565. The summed E-state index contributed by atoms with van der Waals surface area (Å²) >= 11 is 0. The first-order valence-corrected chi connectivity index (χ1v) is 10.5. The van der Waals surface area contributed by atoms with Crippen molar-refractivity contribution in [2.75, 3.05) is 18.8 Å². The third-order valence-electron chi connectivity index (χ3n) is 4.30. The zero-order valence-corrected chi connectivity index (χ0v) is 16.6. The molecule has 0 radical (unpaired) electrons. The fourth-order valence-corrected chi connectivity index (χ4v) is 4.64. The molecule has 0 bridgehead atoms. The number of aliphatic hydroxyl groups excluding tert-OH is 1. The van der Waals surface area contributed by atoms with Crippen molar-refractivity contribution >= 4 is 15.7 Å². The second kappa shape index (κ2) is 9.32. The van der Waals surface area contributed by atoms with Crippen LogP contribution in [0.25, 0.3) is 0 Å². The van der Waals surface area contributed by atoms with Crippen molar-refractivity contribution in [2.45, 2.75) is 37.3 Å². The maximum atomic E-state index is 13.1. The van der Waals surface area contributed by atoms with Gasteiger partial charge in [0.15, 0.2) is 0 Å². The molecule has 2 aromatic rings. The molecule has 5 N–H and O–H groups in total. The molecule has 6 nitrogen and oxygen atoms in total. The fourth-order valence-electron chi connectivity index (χ4n) is 2.90. The largest absolute Gasteiger partial charge is 0.398 e. The third kappa shape index (κ3) is 5.77. The number of hydrogen-bond acceptors (Lipinski definition) is 5. The van der Waals surface area contributed by atoms with E-state index < -0.39 is 22.2 Å². The average Bonchev–Trinajstić information content (AvgIpc) is 2.61. The Hall–Kier alpha value is -1.93. The lowest BCUT2D eigenvalue weighted by molar-refractivity contribution is 0.116. The minimum Gasteiger partial charge on any atom is -0.398 e. The van der Waals surface area contributed by atoms with Gasteiger partial charge in [-0.25, -0.2) is 8.42 Å². The van der Waals surface area contributed by atoms with E-state index >= 15 is 0 Å². The normalized spacial score (nSPS) is 14.4. The summed E-state index contributed by atoms with van der Waals surface area (Å²) in [5.74, 6) is 0.0854. The number of nitrogen functional groups attached to an aromatic ring is 1. The molecule has 2 aromatic carbocycles. The van der Waals surface area contributed by atoms with Gasteiger partial charge in [-0.05, 0) is 30.0 Å². The fraction of sp³-hybridized carbons (Fsp3) is 0.400. The molecule has 0 spiro atoms. The summed E-state index contributed by atoms with van der Waals surface area (Å²) in [7, 11) is -3.84. The van der Waals surface area contributed by atoms with Crippen LogP contribution in [0.4, 0.5) is 5.69 Å². The van der Waals surface area contributed by atoms with Gasteiger partial charge in [0.2, 0.25) is 10.0 Å². The summed E-state index contributed by atoms with van der Waals surface area (Å²) in [5.41, 5.74) is 13.2. The molecule has 0 amide bonds. The van der Waals surface area contributed by atoms with Crippen LogP contribution in [0.1, 0.15) is 19.4 Å². The molecule has 0 aromatic heterocycles. The average molecular weight is 392 g/mol. The Morgan fingerprint density at radius 3 is 2.19 bits per heavy atom. The monoisotopic (exact) mass is 391 g/mol. The molecule has 27 heavy (non-hydrogen) atoms. The van der Waals surface area contributed by atoms with E-state index in [4.69, 9.17) is 11.5 Å². The van der Waals surface area contributed by atoms with Crippen LogP contribution < -0.4 is 11.5 Å². The summed E-state index contributed by atoms with van der Waals surface area (Å²) < 4.78 is 27.5. The van der Waals surface area contributed by atoms with E-state index in [1.54, 1.807) is 18.2 Å². The van der Waals surface area contributed by atoms with E-state index in [0.717, 1.165) is 5.56 Å². The molecular formula is C20H29N3O3S. The van der Waals surface area contributed by atoms with Gasteiger partial charge in [0.25, 0.3) is 0 Å². The summed E-state index contributed by atoms with van der Waals surface area (Å²) in [4.78, 5) is 0.0504. The van der Waals surface area contributed by atoms with Crippen LogP contribution in [-0.2, 0) is 16.4 Å². The highest BCUT2D eigenvalue weighted by Gasteiger charge is 2.30. The van der Waals surface area contributed by atoms with Crippen molar-refractivity contribution in [1.29, 1.82) is 0 Å². The van der Waals surface area contributed by atoms with Gasteiger partial charge in [-0.3, -0.25) is 0 Å². The van der Waals surface area contributed by atoms with E-state index in [1.807, 2.05) is 44.2 Å². The van der Waals surface area contributed by atoms with Crippen molar-refractivity contribution in [2.24, 2.45) is 11.7 Å². The standard InChI is InChI=1S/C20H29N3O3S/c1-15(2)13-23(27(25,26)20-11-7-6-10-17(20)21)14-19(24)18(22)12-16-8-4-3-5-9-16/h3-11,15,18-19,24H,12-14,21-22H2,1-2H3/t18-,19+/m0/s1. The minimum absolute atomic E-state index is 0.0504. The molecule has 0 saturated heterocycles. The molecule has 0 fully saturated rings. The molecule has 2 atom stereocenters. The minimum atomic E-state index is -3.84. The summed E-state index contributed by atoms with van der Waals surface area (Å²) in [5, 5.41) is 10.6. The molecule has 0 aliphatic heterocycles. The Balaban J connectivity index is 2.19.